The molecule has 0 spiro atoms. The fraction of sp³-hybridized carbons (Fsp3) is 0.545. The van der Waals surface area contributed by atoms with Crippen LogP contribution in [0.15, 0.2) is 24.5 Å². The fourth-order valence-electron chi connectivity index (χ4n) is 1.26. The molecular weight excluding hydrogens is 239 g/mol. The molecule has 96 valence electrons. The van der Waals surface area contributed by atoms with E-state index in [1.54, 1.807) is 12.1 Å². The molecule has 0 saturated heterocycles. The summed E-state index contributed by atoms with van der Waals surface area (Å²) in [5.74, 6) is 0. The largest absolute Gasteiger partial charge is 0.722 e. The van der Waals surface area contributed by atoms with E-state index in [9.17, 15) is 9.46 Å². The van der Waals surface area contributed by atoms with Crippen molar-refractivity contribution in [3.8, 4) is 0 Å². The lowest BCUT2D eigenvalue weighted by atomic mass is 10.4. The predicted molar refractivity (Wildman–Crippen MR) is 64.8 cm³/mol. The third-order valence-electron chi connectivity index (χ3n) is 2.35. The monoisotopic (exact) mass is 258 g/mol. The average molecular weight is 258 g/mol. The summed E-state index contributed by atoms with van der Waals surface area (Å²) in [5, 5.41) is 0. The second-order valence-corrected chi connectivity index (χ2v) is 5.64. The molecule has 0 aliphatic rings. The molecule has 0 bridgehead atoms. The van der Waals surface area contributed by atoms with Crippen LogP contribution in [-0.2, 0) is 9.09 Å². The molecule has 5 nitrogen and oxygen atoms in total. The van der Waals surface area contributed by atoms with Crippen molar-refractivity contribution in [1.29, 1.82) is 0 Å². The first-order valence-corrected chi connectivity index (χ1v) is 7.12. The Labute approximate surface area is 102 Å². The topological polar surface area (TPSA) is 56.5 Å². The Bertz CT molecular complexity index is 392. The molecule has 1 aromatic rings. The van der Waals surface area contributed by atoms with Crippen molar-refractivity contribution >= 4 is 13.4 Å². The maximum absolute atomic E-state index is 11.7. The molecule has 0 aliphatic carbocycles. The molecule has 1 rings (SSSR count). The molecule has 0 saturated carbocycles. The molecule has 0 aromatic carbocycles. The van der Waals surface area contributed by atoms with Crippen LogP contribution in [0.3, 0.4) is 0 Å². The van der Waals surface area contributed by atoms with Crippen molar-refractivity contribution in [3.05, 3.63) is 24.5 Å². The van der Waals surface area contributed by atoms with Gasteiger partial charge in [-0.1, -0.05) is 13.3 Å². The quantitative estimate of drug-likeness (QED) is 0.568. The molecule has 0 N–H and O–H groups in total. The molecule has 1 aromatic heterocycles. The van der Waals surface area contributed by atoms with Crippen LogP contribution in [0.2, 0.25) is 0 Å². The Kier molecular flexibility index (Phi) is 5.12. The van der Waals surface area contributed by atoms with Crippen LogP contribution in [0.4, 0.5) is 5.69 Å². The zero-order chi connectivity index (χ0) is 12.9. The SMILES string of the molecule is CCCCOP(=O)([O-])[n+]1ccc(N(C)C)cc1. The van der Waals surface area contributed by atoms with E-state index in [-0.39, 0.29) is 6.61 Å². The number of nitrogens with zero attached hydrogens (tertiary/aromatic N) is 2. The van der Waals surface area contributed by atoms with Gasteiger partial charge in [0.25, 0.3) is 0 Å². The minimum Gasteiger partial charge on any atom is -0.722 e. The van der Waals surface area contributed by atoms with Crippen LogP contribution < -0.4 is 14.1 Å². The van der Waals surface area contributed by atoms with Crippen LogP contribution in [0.25, 0.3) is 0 Å². The molecule has 1 unspecified atom stereocenters. The van der Waals surface area contributed by atoms with Gasteiger partial charge >= 0.3 is 7.75 Å². The van der Waals surface area contributed by atoms with Gasteiger partial charge in [-0.2, -0.15) is 4.34 Å². The van der Waals surface area contributed by atoms with E-state index in [1.165, 1.54) is 12.4 Å². The molecule has 1 heterocycles. The lowest BCUT2D eigenvalue weighted by Crippen LogP contribution is -2.37. The zero-order valence-corrected chi connectivity index (χ0v) is 11.4. The highest BCUT2D eigenvalue weighted by Gasteiger charge is 2.20. The number of hydrogen-bond acceptors (Lipinski definition) is 4. The molecule has 0 radical (unpaired) electrons. The predicted octanol–water partition coefficient (Wildman–Crippen LogP) is 1.17. The van der Waals surface area contributed by atoms with Gasteiger partial charge in [0.1, 0.15) is 0 Å². The number of pyridine rings is 1. The summed E-state index contributed by atoms with van der Waals surface area (Å²) in [6.07, 6.45) is 4.64. The third-order valence-corrected chi connectivity index (χ3v) is 3.69. The van der Waals surface area contributed by atoms with Crippen molar-refractivity contribution in [1.82, 2.24) is 0 Å². The van der Waals surface area contributed by atoms with Crippen molar-refractivity contribution < 1.29 is 18.3 Å². The van der Waals surface area contributed by atoms with Crippen molar-refractivity contribution in [3.63, 3.8) is 0 Å². The molecule has 0 amide bonds. The zero-order valence-electron chi connectivity index (χ0n) is 10.5. The van der Waals surface area contributed by atoms with Crippen molar-refractivity contribution in [2.75, 3.05) is 25.6 Å². The molecule has 0 aliphatic heterocycles. The summed E-state index contributed by atoms with van der Waals surface area (Å²) in [6.45, 7) is 2.22. The van der Waals surface area contributed by atoms with E-state index >= 15 is 0 Å². The second kappa shape index (κ2) is 6.15. The van der Waals surface area contributed by atoms with Gasteiger partial charge in [-0.15, -0.1) is 0 Å². The molecule has 0 fully saturated rings. The summed E-state index contributed by atoms with van der Waals surface area (Å²) in [7, 11) is -0.182. The van der Waals surface area contributed by atoms with E-state index in [4.69, 9.17) is 4.52 Å². The molecule has 17 heavy (non-hydrogen) atoms. The Morgan fingerprint density at radius 2 is 2.00 bits per heavy atom. The Balaban J connectivity index is 2.74. The van der Waals surface area contributed by atoms with Gasteiger partial charge < -0.3 is 9.79 Å². The Hall–Kier alpha value is -0.900. The Morgan fingerprint density at radius 1 is 1.41 bits per heavy atom. The number of anilines is 1. The third kappa shape index (κ3) is 4.11. The maximum atomic E-state index is 11.7. The van der Waals surface area contributed by atoms with Gasteiger partial charge in [0, 0.05) is 31.9 Å². The average Bonchev–Trinajstić information content (AvgIpc) is 2.29. The first-order chi connectivity index (χ1) is 7.97. The summed E-state index contributed by atoms with van der Waals surface area (Å²) >= 11 is 0. The Morgan fingerprint density at radius 3 is 2.47 bits per heavy atom. The maximum Gasteiger partial charge on any atom is 0.407 e. The minimum atomic E-state index is -3.98. The number of unbranched alkanes of at least 4 members (excludes halogenated alkanes) is 1. The van der Waals surface area contributed by atoms with E-state index < -0.39 is 7.75 Å². The van der Waals surface area contributed by atoms with E-state index in [1.807, 2.05) is 25.9 Å². The van der Waals surface area contributed by atoms with Crippen LogP contribution in [0.1, 0.15) is 19.8 Å². The number of aromatic nitrogens is 1. The van der Waals surface area contributed by atoms with Crippen LogP contribution >= 0.6 is 7.75 Å². The van der Waals surface area contributed by atoms with Crippen LogP contribution in [0.5, 0.6) is 0 Å². The summed E-state index contributed by atoms with van der Waals surface area (Å²) in [4.78, 5) is 13.6. The first kappa shape index (κ1) is 14.2. The molecule has 1 atom stereocenters. The smallest absolute Gasteiger partial charge is 0.407 e. The van der Waals surface area contributed by atoms with Crippen LogP contribution in [-0.4, -0.2) is 20.7 Å². The minimum absolute atomic E-state index is 0.236. The molecular formula is C11H19N2O3P. The van der Waals surface area contributed by atoms with Crippen LogP contribution in [0, 0.1) is 0 Å². The van der Waals surface area contributed by atoms with Crippen molar-refractivity contribution in [2.45, 2.75) is 19.8 Å². The second-order valence-electron chi connectivity index (χ2n) is 3.99. The highest BCUT2D eigenvalue weighted by atomic mass is 31.2. The van der Waals surface area contributed by atoms with Gasteiger partial charge in [0.05, 0.1) is 6.61 Å². The highest BCUT2D eigenvalue weighted by Crippen LogP contribution is 2.30. The standard InChI is InChI=1S/C11H19N2O3P/c1-4-5-10-16-17(14,15)13-8-6-11(7-9-13)12(2)3/h6-9H,4-5,10H2,1-3H3. The number of rotatable bonds is 6. The fourth-order valence-corrected chi connectivity index (χ4v) is 2.22. The van der Waals surface area contributed by atoms with Crippen molar-refractivity contribution in [2.24, 2.45) is 0 Å². The van der Waals surface area contributed by atoms with Gasteiger partial charge in [-0.3, -0.25) is 4.52 Å². The normalized spacial score (nSPS) is 14.4. The molecule has 6 heteroatoms. The van der Waals surface area contributed by atoms with Gasteiger partial charge in [0.2, 0.25) is 0 Å². The lowest BCUT2D eigenvalue weighted by Gasteiger charge is -2.17. The van der Waals surface area contributed by atoms with Gasteiger partial charge in [0.15, 0.2) is 12.4 Å². The van der Waals surface area contributed by atoms with E-state index in [2.05, 4.69) is 0 Å². The first-order valence-electron chi connectivity index (χ1n) is 5.62. The lowest BCUT2D eigenvalue weighted by molar-refractivity contribution is -0.573. The highest BCUT2D eigenvalue weighted by molar-refractivity contribution is 7.43. The number of hydrogen-bond donors (Lipinski definition) is 0. The summed E-state index contributed by atoms with van der Waals surface area (Å²) in [6, 6.07) is 3.46. The summed E-state index contributed by atoms with van der Waals surface area (Å²) in [5.41, 5.74) is 0.940. The van der Waals surface area contributed by atoms with E-state index in [0.717, 1.165) is 22.9 Å². The van der Waals surface area contributed by atoms with Gasteiger partial charge in [-0.25, -0.2) is 4.57 Å². The van der Waals surface area contributed by atoms with Gasteiger partial charge in [-0.05, 0) is 6.42 Å². The summed E-state index contributed by atoms with van der Waals surface area (Å²) < 4.78 is 17.8. The van der Waals surface area contributed by atoms with E-state index in [0.29, 0.717) is 0 Å².